The summed E-state index contributed by atoms with van der Waals surface area (Å²) in [5, 5.41) is 2.64. The number of methoxy groups -OCH3 is 1. The predicted octanol–water partition coefficient (Wildman–Crippen LogP) is 3.34. The predicted molar refractivity (Wildman–Crippen MR) is 100 cm³/mol. The van der Waals surface area contributed by atoms with Crippen molar-refractivity contribution in [1.82, 2.24) is 9.88 Å². The van der Waals surface area contributed by atoms with Gasteiger partial charge in [0.05, 0.1) is 12.8 Å². The number of carbonyl (C=O) groups excluding carboxylic acids is 1. The third-order valence-corrected chi connectivity index (χ3v) is 4.60. The quantitative estimate of drug-likeness (QED) is 0.671. The maximum atomic E-state index is 12.1. The molecule has 1 aromatic heterocycles. The van der Waals surface area contributed by atoms with Crippen LogP contribution in [0.2, 0.25) is 0 Å². The number of hydrogen-bond acceptors (Lipinski definition) is 5. The Balaban J connectivity index is 2.15. The van der Waals surface area contributed by atoms with Gasteiger partial charge in [0.25, 0.3) is 0 Å². The monoisotopic (exact) mass is 367 g/mol. The molecule has 0 aliphatic rings. The molecule has 0 spiro atoms. The van der Waals surface area contributed by atoms with Crippen molar-refractivity contribution in [3.8, 4) is 17.0 Å². The van der Waals surface area contributed by atoms with Gasteiger partial charge in [-0.3, -0.25) is 9.69 Å². The van der Waals surface area contributed by atoms with Crippen LogP contribution in [-0.4, -0.2) is 56.0 Å². The lowest BCUT2D eigenvalue weighted by Gasteiger charge is -2.19. The number of nitrogens with zero attached hydrogens (tertiary/aromatic N) is 3. The molecule has 1 heterocycles. The first-order chi connectivity index (χ1) is 11.5. The van der Waals surface area contributed by atoms with Crippen LogP contribution in [0, 0.1) is 0 Å². The topological polar surface area (TPSA) is 45.7 Å². The number of halogens is 1. The fraction of sp³-hybridized carbons (Fsp3) is 0.412. The zero-order chi connectivity index (χ0) is 17.5. The summed E-state index contributed by atoms with van der Waals surface area (Å²) in [6, 6.07) is 7.70. The van der Waals surface area contributed by atoms with Gasteiger partial charge in [-0.15, -0.1) is 22.9 Å². The lowest BCUT2D eigenvalue weighted by atomic mass is 10.2. The van der Waals surface area contributed by atoms with E-state index in [0.29, 0.717) is 11.7 Å². The molecular formula is C17H22ClN3O2S. The van der Waals surface area contributed by atoms with Crippen molar-refractivity contribution < 1.29 is 9.53 Å². The smallest absolute Gasteiger partial charge is 0.243 e. The lowest BCUT2D eigenvalue weighted by molar-refractivity contribution is -0.116. The van der Waals surface area contributed by atoms with Crippen LogP contribution in [-0.2, 0) is 4.79 Å². The van der Waals surface area contributed by atoms with E-state index in [1.807, 2.05) is 43.7 Å². The number of ether oxygens (including phenoxy) is 1. The van der Waals surface area contributed by atoms with Crippen molar-refractivity contribution in [1.29, 1.82) is 0 Å². The molecule has 2 aromatic rings. The fourth-order valence-electron chi connectivity index (χ4n) is 2.23. The van der Waals surface area contributed by atoms with E-state index in [4.69, 9.17) is 16.3 Å². The van der Waals surface area contributed by atoms with Crippen molar-refractivity contribution in [3.05, 3.63) is 29.6 Å². The van der Waals surface area contributed by atoms with Gasteiger partial charge >= 0.3 is 0 Å². The summed E-state index contributed by atoms with van der Waals surface area (Å²) in [5.74, 6) is 0.641. The summed E-state index contributed by atoms with van der Waals surface area (Å²) in [5.41, 5.74) is 1.84. The number of rotatable bonds is 8. The van der Waals surface area contributed by atoms with Crippen LogP contribution in [0.4, 0.5) is 5.13 Å². The summed E-state index contributed by atoms with van der Waals surface area (Å²) in [7, 11) is 5.66. The van der Waals surface area contributed by atoms with E-state index in [0.717, 1.165) is 30.0 Å². The molecule has 0 fully saturated rings. The summed E-state index contributed by atoms with van der Waals surface area (Å²) in [6.45, 7) is 1.52. The summed E-state index contributed by atoms with van der Waals surface area (Å²) < 4.78 is 5.17. The average molecular weight is 368 g/mol. The van der Waals surface area contributed by atoms with Gasteiger partial charge in [0.2, 0.25) is 5.91 Å². The van der Waals surface area contributed by atoms with Gasteiger partial charge in [-0.05, 0) is 51.3 Å². The van der Waals surface area contributed by atoms with Gasteiger partial charge in [0.15, 0.2) is 5.13 Å². The van der Waals surface area contributed by atoms with Crippen LogP contribution in [0.1, 0.15) is 6.42 Å². The Hall–Kier alpha value is -1.63. The van der Waals surface area contributed by atoms with Crippen LogP contribution < -0.4 is 9.64 Å². The van der Waals surface area contributed by atoms with Crippen LogP contribution in [0.3, 0.4) is 0 Å². The molecule has 7 heteroatoms. The molecule has 24 heavy (non-hydrogen) atoms. The Kier molecular flexibility index (Phi) is 7.02. The Morgan fingerprint density at radius 1 is 1.25 bits per heavy atom. The van der Waals surface area contributed by atoms with E-state index >= 15 is 0 Å². The highest BCUT2D eigenvalue weighted by Crippen LogP contribution is 2.29. The number of alkyl halides is 1. The van der Waals surface area contributed by atoms with Crippen LogP contribution >= 0.6 is 22.9 Å². The molecular weight excluding hydrogens is 346 g/mol. The molecule has 0 bridgehead atoms. The lowest BCUT2D eigenvalue weighted by Crippen LogP contribution is -2.34. The average Bonchev–Trinajstić information content (AvgIpc) is 3.07. The minimum absolute atomic E-state index is 0.0422. The number of aromatic nitrogens is 1. The van der Waals surface area contributed by atoms with Gasteiger partial charge in [-0.25, -0.2) is 4.98 Å². The second-order valence-electron chi connectivity index (χ2n) is 5.58. The molecule has 0 atom stereocenters. The van der Waals surface area contributed by atoms with Gasteiger partial charge < -0.3 is 9.64 Å². The van der Waals surface area contributed by atoms with Crippen molar-refractivity contribution in [3.63, 3.8) is 0 Å². The van der Waals surface area contributed by atoms with Gasteiger partial charge in [0.1, 0.15) is 11.6 Å². The van der Waals surface area contributed by atoms with Gasteiger partial charge in [0, 0.05) is 17.5 Å². The normalized spacial score (nSPS) is 10.9. The van der Waals surface area contributed by atoms with Gasteiger partial charge in [-0.2, -0.15) is 0 Å². The van der Waals surface area contributed by atoms with Crippen molar-refractivity contribution in [2.24, 2.45) is 0 Å². The summed E-state index contributed by atoms with van der Waals surface area (Å²) >= 11 is 7.21. The highest BCUT2D eigenvalue weighted by molar-refractivity contribution is 7.14. The molecule has 0 radical (unpaired) electrons. The Bertz CT molecular complexity index is 658. The third-order valence-electron chi connectivity index (χ3n) is 3.51. The van der Waals surface area contributed by atoms with Crippen molar-refractivity contribution in [2.45, 2.75) is 6.42 Å². The van der Waals surface area contributed by atoms with E-state index in [1.54, 1.807) is 12.0 Å². The minimum atomic E-state index is -0.119. The zero-order valence-corrected chi connectivity index (χ0v) is 15.7. The first-order valence-corrected chi connectivity index (χ1v) is 9.07. The Morgan fingerprint density at radius 3 is 2.54 bits per heavy atom. The van der Waals surface area contributed by atoms with E-state index in [2.05, 4.69) is 9.88 Å². The molecule has 1 amide bonds. The van der Waals surface area contributed by atoms with E-state index < -0.39 is 0 Å². The number of amides is 1. The number of anilines is 1. The molecule has 0 aliphatic heterocycles. The molecule has 5 nitrogen and oxygen atoms in total. The third kappa shape index (κ3) is 4.93. The molecule has 0 saturated heterocycles. The maximum absolute atomic E-state index is 12.1. The first-order valence-electron chi connectivity index (χ1n) is 7.66. The minimum Gasteiger partial charge on any atom is -0.497 e. The van der Waals surface area contributed by atoms with Crippen molar-refractivity contribution in [2.75, 3.05) is 45.1 Å². The number of hydrogen-bond donors (Lipinski definition) is 0. The van der Waals surface area contributed by atoms with E-state index in [-0.39, 0.29) is 11.8 Å². The number of benzene rings is 1. The maximum Gasteiger partial charge on any atom is 0.243 e. The molecule has 0 N–H and O–H groups in total. The molecule has 2 rings (SSSR count). The number of carbonyl (C=O) groups is 1. The summed E-state index contributed by atoms with van der Waals surface area (Å²) in [6.07, 6.45) is 0.868. The zero-order valence-electron chi connectivity index (χ0n) is 14.2. The standard InChI is InChI=1S/C17H22ClN3O2S/c1-20(2)9-4-10-21(16(22)11-18)17-19-15(12-24-17)13-5-7-14(23-3)8-6-13/h5-8,12H,4,9-11H2,1-3H3. The second kappa shape index (κ2) is 9.01. The van der Waals surface area contributed by atoms with Gasteiger partial charge in [-0.1, -0.05) is 0 Å². The molecule has 1 aromatic carbocycles. The van der Waals surface area contributed by atoms with Crippen LogP contribution in [0.15, 0.2) is 29.6 Å². The molecule has 130 valence electrons. The molecule has 0 unspecified atom stereocenters. The first kappa shape index (κ1) is 18.7. The molecule has 0 saturated carbocycles. The fourth-order valence-corrected chi connectivity index (χ4v) is 3.25. The highest BCUT2D eigenvalue weighted by atomic mass is 35.5. The number of thiazole rings is 1. The SMILES string of the molecule is COc1ccc(-c2csc(N(CCCN(C)C)C(=O)CCl)n2)cc1. The Morgan fingerprint density at radius 2 is 1.96 bits per heavy atom. The largest absolute Gasteiger partial charge is 0.497 e. The van der Waals surface area contributed by atoms with E-state index in [1.165, 1.54) is 11.3 Å². The second-order valence-corrected chi connectivity index (χ2v) is 6.68. The Labute approximate surface area is 151 Å². The van der Waals surface area contributed by atoms with Crippen LogP contribution in [0.25, 0.3) is 11.3 Å². The molecule has 0 aliphatic carbocycles. The van der Waals surface area contributed by atoms with E-state index in [9.17, 15) is 4.79 Å². The van der Waals surface area contributed by atoms with Crippen molar-refractivity contribution >= 4 is 34.0 Å². The highest BCUT2D eigenvalue weighted by Gasteiger charge is 2.18. The summed E-state index contributed by atoms with van der Waals surface area (Å²) in [4.78, 5) is 20.5. The van der Waals surface area contributed by atoms with Crippen LogP contribution in [0.5, 0.6) is 5.75 Å².